The smallest absolute Gasteiger partial charge is 0.0277 e. The fourth-order valence-corrected chi connectivity index (χ4v) is 0.405. The Bertz CT molecular complexity index is 149. The van der Waals surface area contributed by atoms with Crippen molar-refractivity contribution in [3.05, 3.63) is 11.8 Å². The molecule has 0 aromatic heterocycles. The van der Waals surface area contributed by atoms with Crippen LogP contribution in [0, 0.1) is 5.41 Å². The molecule has 0 saturated heterocycles. The van der Waals surface area contributed by atoms with Gasteiger partial charge in [-0.3, -0.25) is 4.99 Å². The van der Waals surface area contributed by atoms with Gasteiger partial charge in [-0.2, -0.15) is 0 Å². The molecule has 0 amide bonds. The van der Waals surface area contributed by atoms with E-state index in [-0.39, 0.29) is 5.41 Å². The summed E-state index contributed by atoms with van der Waals surface area (Å²) in [6.45, 7) is 6.22. The van der Waals surface area contributed by atoms with Crippen LogP contribution in [-0.2, 0) is 0 Å². The Hall–Kier alpha value is -0.790. The molecule has 0 unspecified atom stereocenters. The number of hydrogen-bond acceptors (Lipinski definition) is 2. The van der Waals surface area contributed by atoms with Gasteiger partial charge in [-0.05, 0) is 6.08 Å². The largest absolute Gasteiger partial charge is 0.402 e. The summed E-state index contributed by atoms with van der Waals surface area (Å²) < 4.78 is 0. The summed E-state index contributed by atoms with van der Waals surface area (Å²) in [5.41, 5.74) is 6.62. The van der Waals surface area contributed by atoms with Crippen LogP contribution >= 0.6 is 0 Å². The molecule has 58 valence electrons. The van der Waals surface area contributed by atoms with E-state index in [0.29, 0.717) is 0 Å². The van der Waals surface area contributed by atoms with Gasteiger partial charge in [0.15, 0.2) is 0 Å². The van der Waals surface area contributed by atoms with Crippen molar-refractivity contribution in [1.82, 2.24) is 0 Å². The van der Waals surface area contributed by atoms with E-state index in [1.165, 1.54) is 0 Å². The Labute approximate surface area is 62.8 Å². The van der Waals surface area contributed by atoms with Crippen LogP contribution in [0.3, 0.4) is 0 Å². The Morgan fingerprint density at radius 1 is 1.40 bits per heavy atom. The molecule has 0 heterocycles. The molecule has 0 aliphatic heterocycles. The predicted octanol–water partition coefficient (Wildman–Crippen LogP) is 1.58. The van der Waals surface area contributed by atoms with Gasteiger partial charge in [-0.1, -0.05) is 20.8 Å². The molecular weight excluding hydrogens is 124 g/mol. The van der Waals surface area contributed by atoms with Gasteiger partial charge < -0.3 is 5.73 Å². The topological polar surface area (TPSA) is 38.4 Å². The van der Waals surface area contributed by atoms with Crippen LogP contribution in [0.25, 0.3) is 0 Å². The molecule has 0 rings (SSSR count). The molecule has 0 aliphatic carbocycles. The summed E-state index contributed by atoms with van der Waals surface area (Å²) in [6.07, 6.45) is 3.54. The molecule has 0 spiro atoms. The Morgan fingerprint density at radius 2 is 1.90 bits per heavy atom. The standard InChI is InChI=1S/C8H16N2/c1-8(2,3)7(9)5-6-10-4/h5-6H,9H2,1-4H3. The van der Waals surface area contributed by atoms with Gasteiger partial charge >= 0.3 is 0 Å². The molecule has 0 radical (unpaired) electrons. The SMILES string of the molecule is CN=CC=C(N)C(C)(C)C. The molecule has 0 aromatic rings. The number of nitrogens with zero attached hydrogens (tertiary/aromatic N) is 1. The average Bonchev–Trinajstić information content (AvgIpc) is 1.80. The van der Waals surface area contributed by atoms with Crippen molar-refractivity contribution in [3.8, 4) is 0 Å². The van der Waals surface area contributed by atoms with E-state index >= 15 is 0 Å². The highest BCUT2D eigenvalue weighted by Crippen LogP contribution is 2.19. The zero-order valence-electron chi connectivity index (χ0n) is 7.18. The third kappa shape index (κ3) is 3.28. The molecule has 2 N–H and O–H groups in total. The zero-order valence-corrected chi connectivity index (χ0v) is 7.18. The van der Waals surface area contributed by atoms with E-state index in [9.17, 15) is 0 Å². The van der Waals surface area contributed by atoms with Crippen molar-refractivity contribution < 1.29 is 0 Å². The number of rotatable bonds is 1. The number of hydrogen-bond donors (Lipinski definition) is 1. The van der Waals surface area contributed by atoms with Gasteiger partial charge in [0, 0.05) is 24.4 Å². The molecule has 0 saturated carbocycles. The Morgan fingerprint density at radius 3 is 2.20 bits per heavy atom. The quantitative estimate of drug-likeness (QED) is 0.552. The summed E-state index contributed by atoms with van der Waals surface area (Å²) in [7, 11) is 1.73. The second kappa shape index (κ2) is 3.40. The molecule has 0 atom stereocenters. The van der Waals surface area contributed by atoms with Crippen LogP contribution in [0.4, 0.5) is 0 Å². The lowest BCUT2D eigenvalue weighted by atomic mass is 9.92. The number of nitrogens with two attached hydrogens (primary N) is 1. The normalized spacial score (nSPS) is 14.6. The minimum Gasteiger partial charge on any atom is -0.402 e. The second-order valence-corrected chi connectivity index (χ2v) is 3.28. The highest BCUT2D eigenvalue weighted by atomic mass is 14.7. The van der Waals surface area contributed by atoms with E-state index in [1.54, 1.807) is 13.3 Å². The van der Waals surface area contributed by atoms with E-state index in [0.717, 1.165) is 5.70 Å². The third-order valence-electron chi connectivity index (χ3n) is 1.27. The van der Waals surface area contributed by atoms with Gasteiger partial charge in [-0.15, -0.1) is 0 Å². The van der Waals surface area contributed by atoms with Gasteiger partial charge in [0.2, 0.25) is 0 Å². The van der Waals surface area contributed by atoms with Gasteiger partial charge in [-0.25, -0.2) is 0 Å². The van der Waals surface area contributed by atoms with Crippen LogP contribution in [0.5, 0.6) is 0 Å². The lowest BCUT2D eigenvalue weighted by Crippen LogP contribution is -2.16. The zero-order chi connectivity index (χ0) is 8.20. The second-order valence-electron chi connectivity index (χ2n) is 3.28. The number of allylic oxidation sites excluding steroid dienone is 2. The van der Waals surface area contributed by atoms with Crippen molar-refractivity contribution in [3.63, 3.8) is 0 Å². The fourth-order valence-electron chi connectivity index (χ4n) is 0.405. The molecule has 10 heavy (non-hydrogen) atoms. The van der Waals surface area contributed by atoms with Gasteiger partial charge in [0.25, 0.3) is 0 Å². The summed E-state index contributed by atoms with van der Waals surface area (Å²) >= 11 is 0. The van der Waals surface area contributed by atoms with Crippen LogP contribution in [0.1, 0.15) is 20.8 Å². The molecule has 0 aliphatic rings. The minimum absolute atomic E-state index is 0.0567. The molecule has 2 nitrogen and oxygen atoms in total. The summed E-state index contributed by atoms with van der Waals surface area (Å²) in [6, 6.07) is 0. The van der Waals surface area contributed by atoms with Crippen LogP contribution in [0.2, 0.25) is 0 Å². The summed E-state index contributed by atoms with van der Waals surface area (Å²) in [5, 5.41) is 0. The molecular formula is C8H16N2. The van der Waals surface area contributed by atoms with Crippen molar-refractivity contribution in [2.24, 2.45) is 16.1 Å². The van der Waals surface area contributed by atoms with Gasteiger partial charge in [0.1, 0.15) is 0 Å². The molecule has 0 bridgehead atoms. The van der Waals surface area contributed by atoms with Crippen molar-refractivity contribution in [2.75, 3.05) is 7.05 Å². The molecule has 2 heteroatoms. The van der Waals surface area contributed by atoms with Crippen molar-refractivity contribution in [1.29, 1.82) is 0 Å². The maximum atomic E-state index is 5.71. The van der Waals surface area contributed by atoms with E-state index in [1.807, 2.05) is 6.08 Å². The first-order chi connectivity index (χ1) is 4.48. The maximum absolute atomic E-state index is 5.71. The van der Waals surface area contributed by atoms with Gasteiger partial charge in [0.05, 0.1) is 0 Å². The van der Waals surface area contributed by atoms with Crippen LogP contribution in [0.15, 0.2) is 16.8 Å². The predicted molar refractivity (Wildman–Crippen MR) is 46.1 cm³/mol. The van der Waals surface area contributed by atoms with Crippen LogP contribution < -0.4 is 5.73 Å². The Kier molecular flexibility index (Phi) is 3.13. The average molecular weight is 140 g/mol. The summed E-state index contributed by atoms with van der Waals surface area (Å²) in [5.74, 6) is 0. The lowest BCUT2D eigenvalue weighted by molar-refractivity contribution is 0.498. The fraction of sp³-hybridized carbons (Fsp3) is 0.625. The summed E-state index contributed by atoms with van der Waals surface area (Å²) in [4.78, 5) is 3.81. The molecule has 0 fully saturated rings. The monoisotopic (exact) mass is 140 g/mol. The van der Waals surface area contributed by atoms with E-state index < -0.39 is 0 Å². The van der Waals surface area contributed by atoms with E-state index in [2.05, 4.69) is 25.8 Å². The maximum Gasteiger partial charge on any atom is 0.0277 e. The third-order valence-corrected chi connectivity index (χ3v) is 1.27. The Balaban J connectivity index is 4.20. The first-order valence-electron chi connectivity index (χ1n) is 3.37. The van der Waals surface area contributed by atoms with Crippen LogP contribution in [-0.4, -0.2) is 13.3 Å². The highest BCUT2D eigenvalue weighted by molar-refractivity contribution is 5.71. The minimum atomic E-state index is 0.0567. The lowest BCUT2D eigenvalue weighted by Gasteiger charge is -2.17. The number of aliphatic imine (C=N–C) groups is 1. The van der Waals surface area contributed by atoms with E-state index in [4.69, 9.17) is 5.73 Å². The van der Waals surface area contributed by atoms with Crippen molar-refractivity contribution in [2.45, 2.75) is 20.8 Å². The highest BCUT2D eigenvalue weighted by Gasteiger charge is 2.11. The van der Waals surface area contributed by atoms with Crippen molar-refractivity contribution >= 4 is 6.21 Å². The molecule has 0 aromatic carbocycles. The first kappa shape index (κ1) is 9.21. The first-order valence-corrected chi connectivity index (χ1v) is 3.37.